The maximum Gasteiger partial charge on any atom is 0.241 e. The van der Waals surface area contributed by atoms with Crippen molar-refractivity contribution in [2.45, 2.75) is 6.42 Å². The molecule has 0 aromatic carbocycles. The molecule has 0 bridgehead atoms. The highest BCUT2D eigenvalue weighted by Crippen LogP contribution is 2.16. The molecular formula is C8H11Cl2N3O3S. The SMILES string of the molecule is COc1cc(Cl)nc(NS(=O)(=O)CCCCl)n1. The van der Waals surface area contributed by atoms with Crippen LogP contribution in [0.5, 0.6) is 5.88 Å². The van der Waals surface area contributed by atoms with Crippen molar-refractivity contribution in [2.24, 2.45) is 0 Å². The van der Waals surface area contributed by atoms with Gasteiger partial charge < -0.3 is 4.74 Å². The summed E-state index contributed by atoms with van der Waals surface area (Å²) in [5.41, 5.74) is 0. The van der Waals surface area contributed by atoms with Crippen LogP contribution in [0, 0.1) is 0 Å². The third kappa shape index (κ3) is 4.93. The number of rotatable bonds is 6. The summed E-state index contributed by atoms with van der Waals surface area (Å²) in [7, 11) is -2.12. The van der Waals surface area contributed by atoms with Crippen molar-refractivity contribution in [3.63, 3.8) is 0 Å². The molecule has 1 heterocycles. The first-order chi connectivity index (χ1) is 7.96. The summed E-state index contributed by atoms with van der Waals surface area (Å²) in [6.45, 7) is 0. The molecule has 0 fully saturated rings. The van der Waals surface area contributed by atoms with Crippen LogP contribution < -0.4 is 9.46 Å². The van der Waals surface area contributed by atoms with Crippen LogP contribution in [-0.4, -0.2) is 37.1 Å². The van der Waals surface area contributed by atoms with Gasteiger partial charge in [0, 0.05) is 11.9 Å². The minimum absolute atomic E-state index is 0.0897. The summed E-state index contributed by atoms with van der Waals surface area (Å²) >= 11 is 11.1. The Morgan fingerprint density at radius 1 is 1.47 bits per heavy atom. The van der Waals surface area contributed by atoms with Crippen molar-refractivity contribution in [1.29, 1.82) is 0 Å². The number of nitrogens with zero attached hydrogens (tertiary/aromatic N) is 2. The topological polar surface area (TPSA) is 81.2 Å². The number of ether oxygens (including phenoxy) is 1. The van der Waals surface area contributed by atoms with Crippen LogP contribution in [-0.2, 0) is 10.0 Å². The molecule has 1 aromatic heterocycles. The fourth-order valence-electron chi connectivity index (χ4n) is 0.982. The molecule has 0 atom stereocenters. The molecule has 0 unspecified atom stereocenters. The van der Waals surface area contributed by atoms with Gasteiger partial charge in [0.05, 0.1) is 12.9 Å². The van der Waals surface area contributed by atoms with Gasteiger partial charge in [-0.05, 0) is 6.42 Å². The number of methoxy groups -OCH3 is 1. The molecule has 6 nitrogen and oxygen atoms in total. The largest absolute Gasteiger partial charge is 0.481 e. The molecule has 1 N–H and O–H groups in total. The lowest BCUT2D eigenvalue weighted by molar-refractivity contribution is 0.397. The van der Waals surface area contributed by atoms with Gasteiger partial charge in [-0.1, -0.05) is 11.6 Å². The zero-order chi connectivity index (χ0) is 12.9. The van der Waals surface area contributed by atoms with Crippen LogP contribution in [0.1, 0.15) is 6.42 Å². The van der Waals surface area contributed by atoms with Crippen molar-refractivity contribution in [3.05, 3.63) is 11.2 Å². The summed E-state index contributed by atoms with van der Waals surface area (Å²) < 4.78 is 30.1. The van der Waals surface area contributed by atoms with Crippen LogP contribution in [0.4, 0.5) is 5.95 Å². The average Bonchev–Trinajstić information content (AvgIpc) is 2.25. The third-order valence-corrected chi connectivity index (χ3v) is 3.45. The van der Waals surface area contributed by atoms with Gasteiger partial charge in [-0.3, -0.25) is 4.72 Å². The number of anilines is 1. The Labute approximate surface area is 109 Å². The first-order valence-electron chi connectivity index (χ1n) is 4.62. The zero-order valence-electron chi connectivity index (χ0n) is 8.98. The molecule has 0 saturated heterocycles. The highest BCUT2D eigenvalue weighted by molar-refractivity contribution is 7.92. The molecule has 0 aliphatic heterocycles. The maximum absolute atomic E-state index is 11.5. The Morgan fingerprint density at radius 3 is 2.76 bits per heavy atom. The number of sulfonamides is 1. The van der Waals surface area contributed by atoms with Gasteiger partial charge in [0.25, 0.3) is 0 Å². The van der Waals surface area contributed by atoms with Gasteiger partial charge in [-0.15, -0.1) is 11.6 Å². The fourth-order valence-corrected chi connectivity index (χ4v) is 2.44. The third-order valence-electron chi connectivity index (χ3n) is 1.67. The van der Waals surface area contributed by atoms with Gasteiger partial charge >= 0.3 is 0 Å². The van der Waals surface area contributed by atoms with Crippen LogP contribution in [0.25, 0.3) is 0 Å². The number of halogens is 2. The van der Waals surface area contributed by atoms with Crippen molar-refractivity contribution < 1.29 is 13.2 Å². The number of hydrogen-bond donors (Lipinski definition) is 1. The van der Waals surface area contributed by atoms with Gasteiger partial charge in [-0.25, -0.2) is 13.4 Å². The van der Waals surface area contributed by atoms with Gasteiger partial charge in [0.15, 0.2) is 0 Å². The van der Waals surface area contributed by atoms with Gasteiger partial charge in [0.2, 0.25) is 21.9 Å². The minimum Gasteiger partial charge on any atom is -0.481 e. The van der Waals surface area contributed by atoms with Crippen molar-refractivity contribution >= 4 is 39.2 Å². The normalized spacial score (nSPS) is 11.2. The summed E-state index contributed by atoms with van der Waals surface area (Å²) in [6, 6.07) is 1.37. The number of hydrogen-bond acceptors (Lipinski definition) is 5. The van der Waals surface area contributed by atoms with E-state index in [0.29, 0.717) is 6.42 Å². The molecule has 0 aliphatic rings. The highest BCUT2D eigenvalue weighted by Gasteiger charge is 2.13. The lowest BCUT2D eigenvalue weighted by Gasteiger charge is -2.07. The first-order valence-corrected chi connectivity index (χ1v) is 7.18. The molecule has 0 spiro atoms. The Bertz CT molecular complexity index is 481. The summed E-state index contributed by atoms with van der Waals surface area (Å²) in [5.74, 6) is 0.221. The quantitative estimate of drug-likeness (QED) is 0.636. The zero-order valence-corrected chi connectivity index (χ0v) is 11.3. The Balaban J connectivity index is 2.84. The molecule has 0 amide bonds. The lowest BCUT2D eigenvalue weighted by Crippen LogP contribution is -2.18. The van der Waals surface area contributed by atoms with Crippen LogP contribution in [0.15, 0.2) is 6.07 Å². The second kappa shape index (κ2) is 6.23. The molecule has 0 radical (unpaired) electrons. The van der Waals surface area contributed by atoms with Gasteiger partial charge in [-0.2, -0.15) is 4.98 Å². The standard InChI is InChI=1S/C8H11Cl2N3O3S/c1-16-7-5-6(10)11-8(12-7)13-17(14,15)4-2-3-9/h5H,2-4H2,1H3,(H,11,12,13). The second-order valence-electron chi connectivity index (χ2n) is 3.02. The second-order valence-corrected chi connectivity index (χ2v) is 5.63. The van der Waals surface area contributed by atoms with Crippen LogP contribution in [0.3, 0.4) is 0 Å². The van der Waals surface area contributed by atoms with E-state index in [2.05, 4.69) is 14.7 Å². The number of alkyl halides is 1. The molecule has 0 aliphatic carbocycles. The van der Waals surface area contributed by atoms with E-state index in [1.54, 1.807) is 0 Å². The molecular weight excluding hydrogens is 289 g/mol. The van der Waals surface area contributed by atoms with Crippen LogP contribution >= 0.6 is 23.2 Å². The Morgan fingerprint density at radius 2 is 2.18 bits per heavy atom. The van der Waals surface area contributed by atoms with E-state index in [4.69, 9.17) is 27.9 Å². The van der Waals surface area contributed by atoms with E-state index < -0.39 is 10.0 Å². The monoisotopic (exact) mass is 299 g/mol. The molecule has 1 aromatic rings. The Kier molecular flexibility index (Phi) is 5.23. The van der Waals surface area contributed by atoms with Crippen LogP contribution in [0.2, 0.25) is 5.15 Å². The van der Waals surface area contributed by atoms with E-state index in [-0.39, 0.29) is 28.6 Å². The predicted octanol–water partition coefficient (Wildman–Crippen LogP) is 1.51. The maximum atomic E-state index is 11.5. The first kappa shape index (κ1) is 14.3. The molecule has 0 saturated carbocycles. The van der Waals surface area contributed by atoms with E-state index in [1.807, 2.05) is 0 Å². The molecule has 1 rings (SSSR count). The Hall–Kier alpha value is -0.790. The number of nitrogens with one attached hydrogen (secondary N) is 1. The van der Waals surface area contributed by atoms with Crippen molar-refractivity contribution in [1.82, 2.24) is 9.97 Å². The van der Waals surface area contributed by atoms with Crippen molar-refractivity contribution in [3.8, 4) is 5.88 Å². The fraction of sp³-hybridized carbons (Fsp3) is 0.500. The summed E-state index contributed by atoms with van der Waals surface area (Å²) in [5, 5.41) is 0.0897. The van der Waals surface area contributed by atoms with E-state index in [0.717, 1.165) is 0 Å². The smallest absolute Gasteiger partial charge is 0.241 e. The highest BCUT2D eigenvalue weighted by atomic mass is 35.5. The van der Waals surface area contributed by atoms with E-state index >= 15 is 0 Å². The molecule has 17 heavy (non-hydrogen) atoms. The average molecular weight is 300 g/mol. The summed E-state index contributed by atoms with van der Waals surface area (Å²) in [4.78, 5) is 7.53. The predicted molar refractivity (Wildman–Crippen MR) is 66.3 cm³/mol. The van der Waals surface area contributed by atoms with E-state index in [1.165, 1.54) is 13.2 Å². The summed E-state index contributed by atoms with van der Waals surface area (Å²) in [6.07, 6.45) is 0.342. The number of aromatic nitrogens is 2. The minimum atomic E-state index is -3.51. The lowest BCUT2D eigenvalue weighted by atomic mass is 10.6. The van der Waals surface area contributed by atoms with Crippen molar-refractivity contribution in [2.75, 3.05) is 23.5 Å². The van der Waals surface area contributed by atoms with Gasteiger partial charge in [0.1, 0.15) is 5.15 Å². The molecule has 9 heteroatoms. The molecule has 96 valence electrons. The van der Waals surface area contributed by atoms with E-state index in [9.17, 15) is 8.42 Å².